The van der Waals surface area contributed by atoms with Gasteiger partial charge in [-0.25, -0.2) is 0 Å². The predicted octanol–water partition coefficient (Wildman–Crippen LogP) is 3.39. The van der Waals surface area contributed by atoms with Gasteiger partial charge in [0.15, 0.2) is 0 Å². The molecule has 0 fully saturated rings. The molecule has 2 nitrogen and oxygen atoms in total. The minimum absolute atomic E-state index is 0.206. The lowest BCUT2D eigenvalue weighted by molar-refractivity contribution is 0.681. The van der Waals surface area contributed by atoms with Crippen LogP contribution in [0, 0.1) is 4.91 Å². The first-order valence-corrected chi connectivity index (χ1v) is 5.25. The van der Waals surface area contributed by atoms with E-state index in [0.717, 1.165) is 12.0 Å². The zero-order valence-corrected chi connectivity index (χ0v) is 8.49. The van der Waals surface area contributed by atoms with Gasteiger partial charge in [0.2, 0.25) is 0 Å². The maximum absolute atomic E-state index is 10.4. The van der Waals surface area contributed by atoms with E-state index in [9.17, 15) is 4.91 Å². The molecule has 0 saturated carbocycles. The van der Waals surface area contributed by atoms with Crippen LogP contribution in [0.5, 0.6) is 0 Å². The molecule has 0 N–H and O–H groups in total. The number of hydrogen-bond acceptors (Lipinski definition) is 2. The van der Waals surface area contributed by atoms with Crippen LogP contribution >= 0.6 is 0 Å². The zero-order chi connectivity index (χ0) is 9.97. The van der Waals surface area contributed by atoms with E-state index < -0.39 is 0 Å². The van der Waals surface area contributed by atoms with Crippen molar-refractivity contribution in [3.63, 3.8) is 0 Å². The van der Waals surface area contributed by atoms with Crippen LogP contribution in [-0.2, 0) is 12.8 Å². The maximum Gasteiger partial charge on any atom is 0.114 e. The summed E-state index contributed by atoms with van der Waals surface area (Å²) < 4.78 is 0. The molecule has 0 saturated heterocycles. The topological polar surface area (TPSA) is 29.4 Å². The highest BCUT2D eigenvalue weighted by Gasteiger charge is 2.12. The third kappa shape index (κ3) is 1.69. The zero-order valence-electron chi connectivity index (χ0n) is 8.49. The molecule has 1 aromatic rings. The van der Waals surface area contributed by atoms with Crippen molar-refractivity contribution >= 4 is 0 Å². The minimum atomic E-state index is -0.206. The van der Waals surface area contributed by atoms with Gasteiger partial charge in [-0.05, 0) is 49.3 Å². The van der Waals surface area contributed by atoms with Crippen molar-refractivity contribution in [3.8, 4) is 0 Å². The van der Waals surface area contributed by atoms with E-state index in [4.69, 9.17) is 0 Å². The van der Waals surface area contributed by atoms with Gasteiger partial charge >= 0.3 is 0 Å². The van der Waals surface area contributed by atoms with E-state index in [-0.39, 0.29) is 6.04 Å². The van der Waals surface area contributed by atoms with Crippen LogP contribution in [0.2, 0.25) is 0 Å². The minimum Gasteiger partial charge on any atom is -0.150 e. The Balaban J connectivity index is 2.33. The van der Waals surface area contributed by atoms with Gasteiger partial charge in [0, 0.05) is 0 Å². The number of benzene rings is 1. The maximum atomic E-state index is 10.4. The van der Waals surface area contributed by atoms with Crippen LogP contribution in [0.1, 0.15) is 42.5 Å². The van der Waals surface area contributed by atoms with Gasteiger partial charge in [0.05, 0.1) is 0 Å². The van der Waals surface area contributed by atoms with E-state index in [1.807, 2.05) is 13.0 Å². The summed E-state index contributed by atoms with van der Waals surface area (Å²) in [6.45, 7) is 1.84. The fraction of sp³-hybridized carbons (Fsp3) is 0.500. The Bertz CT molecular complexity index is 346. The van der Waals surface area contributed by atoms with Crippen molar-refractivity contribution in [2.24, 2.45) is 5.18 Å². The second-order valence-corrected chi connectivity index (χ2v) is 4.02. The number of hydrogen-bond donors (Lipinski definition) is 0. The number of aryl methyl sites for hydroxylation is 2. The molecule has 1 unspecified atom stereocenters. The summed E-state index contributed by atoms with van der Waals surface area (Å²) in [5, 5.41) is 3.06. The molecule has 0 aromatic heterocycles. The average Bonchev–Trinajstić information content (AvgIpc) is 2.27. The monoisotopic (exact) mass is 189 g/mol. The van der Waals surface area contributed by atoms with Crippen LogP contribution in [0.25, 0.3) is 0 Å². The molecule has 2 heteroatoms. The van der Waals surface area contributed by atoms with Crippen molar-refractivity contribution in [3.05, 3.63) is 39.8 Å². The molecular weight excluding hydrogens is 174 g/mol. The summed E-state index contributed by atoms with van der Waals surface area (Å²) in [4.78, 5) is 10.4. The molecular formula is C12H15NO. The Hall–Kier alpha value is -1.18. The second kappa shape index (κ2) is 3.91. The molecule has 1 aliphatic rings. The highest BCUT2D eigenvalue weighted by Crippen LogP contribution is 2.25. The molecule has 2 rings (SSSR count). The summed E-state index contributed by atoms with van der Waals surface area (Å²) in [5.74, 6) is 0. The lowest BCUT2D eigenvalue weighted by Crippen LogP contribution is -2.03. The molecule has 1 aliphatic carbocycles. The third-order valence-electron chi connectivity index (χ3n) is 3.01. The van der Waals surface area contributed by atoms with Crippen molar-refractivity contribution in [1.29, 1.82) is 0 Å². The summed E-state index contributed by atoms with van der Waals surface area (Å²) in [7, 11) is 0. The summed E-state index contributed by atoms with van der Waals surface area (Å²) in [5.41, 5.74) is 3.93. The van der Waals surface area contributed by atoms with Crippen LogP contribution in [0.15, 0.2) is 23.4 Å². The SMILES string of the molecule is CC(N=O)c1ccc2c(c1)CCCC2. The van der Waals surface area contributed by atoms with Crippen LogP contribution in [0.3, 0.4) is 0 Å². The molecule has 0 spiro atoms. The van der Waals surface area contributed by atoms with Gasteiger partial charge in [-0.2, -0.15) is 4.91 Å². The first kappa shape index (κ1) is 9.38. The van der Waals surface area contributed by atoms with Gasteiger partial charge in [0.1, 0.15) is 6.04 Å². The Morgan fingerprint density at radius 2 is 1.93 bits per heavy atom. The number of nitroso groups, excluding NO2 is 1. The lowest BCUT2D eigenvalue weighted by atomic mass is 9.89. The van der Waals surface area contributed by atoms with Crippen molar-refractivity contribution < 1.29 is 0 Å². The molecule has 74 valence electrons. The summed E-state index contributed by atoms with van der Waals surface area (Å²) in [6, 6.07) is 6.14. The standard InChI is InChI=1S/C12H15NO/c1-9(13-14)11-7-6-10-4-2-3-5-12(10)8-11/h6-9H,2-5H2,1H3. The number of nitrogens with zero attached hydrogens (tertiary/aromatic N) is 1. The van der Waals surface area contributed by atoms with Crippen LogP contribution < -0.4 is 0 Å². The summed E-state index contributed by atoms with van der Waals surface area (Å²) in [6.07, 6.45) is 4.93. The quantitative estimate of drug-likeness (QED) is 0.656. The van der Waals surface area contributed by atoms with Gasteiger partial charge in [-0.3, -0.25) is 0 Å². The average molecular weight is 189 g/mol. The smallest absolute Gasteiger partial charge is 0.114 e. The van der Waals surface area contributed by atoms with Crippen molar-refractivity contribution in [1.82, 2.24) is 0 Å². The molecule has 0 amide bonds. The van der Waals surface area contributed by atoms with Gasteiger partial charge in [-0.1, -0.05) is 23.4 Å². The highest BCUT2D eigenvalue weighted by atomic mass is 16.3. The molecule has 0 radical (unpaired) electrons. The molecule has 0 heterocycles. The fourth-order valence-corrected chi connectivity index (χ4v) is 2.07. The van der Waals surface area contributed by atoms with Crippen molar-refractivity contribution in [2.45, 2.75) is 38.6 Å². The van der Waals surface area contributed by atoms with Crippen LogP contribution in [0.4, 0.5) is 0 Å². The Kier molecular flexibility index (Phi) is 2.62. The molecule has 1 aromatic carbocycles. The lowest BCUT2D eigenvalue weighted by Gasteiger charge is -2.16. The van der Waals surface area contributed by atoms with Gasteiger partial charge in [-0.15, -0.1) is 0 Å². The van der Waals surface area contributed by atoms with Crippen LogP contribution in [-0.4, -0.2) is 0 Å². The first-order chi connectivity index (χ1) is 6.81. The van der Waals surface area contributed by atoms with E-state index in [1.54, 1.807) is 0 Å². The molecule has 1 atom stereocenters. The van der Waals surface area contributed by atoms with E-state index in [2.05, 4.69) is 17.3 Å². The van der Waals surface area contributed by atoms with E-state index in [0.29, 0.717) is 0 Å². The Morgan fingerprint density at radius 3 is 2.64 bits per heavy atom. The van der Waals surface area contributed by atoms with Gasteiger partial charge < -0.3 is 0 Å². The number of fused-ring (bicyclic) bond motifs is 1. The first-order valence-electron chi connectivity index (χ1n) is 5.25. The van der Waals surface area contributed by atoms with Crippen molar-refractivity contribution in [2.75, 3.05) is 0 Å². The van der Waals surface area contributed by atoms with E-state index >= 15 is 0 Å². The van der Waals surface area contributed by atoms with E-state index in [1.165, 1.54) is 30.4 Å². The second-order valence-electron chi connectivity index (χ2n) is 4.02. The highest BCUT2D eigenvalue weighted by molar-refractivity contribution is 5.35. The largest absolute Gasteiger partial charge is 0.150 e. The molecule has 14 heavy (non-hydrogen) atoms. The summed E-state index contributed by atoms with van der Waals surface area (Å²) >= 11 is 0. The predicted molar refractivity (Wildman–Crippen MR) is 57.3 cm³/mol. The normalized spacial score (nSPS) is 17.2. The van der Waals surface area contributed by atoms with Gasteiger partial charge in [0.25, 0.3) is 0 Å². The molecule has 0 aliphatic heterocycles. The fourth-order valence-electron chi connectivity index (χ4n) is 2.07. The third-order valence-corrected chi connectivity index (χ3v) is 3.01. The number of rotatable bonds is 2. The Morgan fingerprint density at radius 1 is 1.21 bits per heavy atom. The Labute approximate surface area is 84.3 Å². The molecule has 0 bridgehead atoms.